The largest absolute Gasteiger partial charge is 0.459 e. The number of allylic oxidation sites excluding steroid dienone is 2. The second kappa shape index (κ2) is 9.51. The zero-order chi connectivity index (χ0) is 27.7. The van der Waals surface area contributed by atoms with E-state index in [1.54, 1.807) is 11.1 Å². The number of carbonyl (C=O) groups excluding carboxylic acids is 1. The maximum absolute atomic E-state index is 12.1. The third-order valence-corrected chi connectivity index (χ3v) is 12.7. The summed E-state index contributed by atoms with van der Waals surface area (Å²) in [7, 11) is 0. The van der Waals surface area contributed by atoms with E-state index in [2.05, 4.69) is 48.1 Å². The molecule has 0 saturated heterocycles. The fraction of sp³-hybridized carbons (Fsp3) is 0.848. The van der Waals surface area contributed by atoms with E-state index in [9.17, 15) is 15.0 Å². The van der Waals surface area contributed by atoms with Crippen molar-refractivity contribution in [3.8, 4) is 0 Å². The van der Waals surface area contributed by atoms with Crippen LogP contribution < -0.4 is 0 Å². The fourth-order valence-electron chi connectivity index (χ4n) is 9.99. The van der Waals surface area contributed by atoms with Crippen molar-refractivity contribution in [2.24, 2.45) is 45.3 Å². The fourth-order valence-corrected chi connectivity index (χ4v) is 9.99. The quantitative estimate of drug-likeness (QED) is 0.290. The Labute approximate surface area is 226 Å². The Hall–Kier alpha value is -1.13. The number of carbonyl (C=O) groups is 1. The van der Waals surface area contributed by atoms with Gasteiger partial charge < -0.3 is 14.9 Å². The minimum absolute atomic E-state index is 0.0408. The van der Waals surface area contributed by atoms with Gasteiger partial charge in [-0.05, 0) is 102 Å². The topological polar surface area (TPSA) is 66.8 Å². The molecule has 0 bridgehead atoms. The summed E-state index contributed by atoms with van der Waals surface area (Å²) in [5, 5.41) is 22.2. The third-order valence-electron chi connectivity index (χ3n) is 12.7. The summed E-state index contributed by atoms with van der Waals surface area (Å²) in [6.45, 7) is 24.0. The van der Waals surface area contributed by atoms with Crippen LogP contribution in [0, 0.1) is 45.3 Å². The van der Waals surface area contributed by atoms with Crippen LogP contribution in [0.2, 0.25) is 0 Å². The van der Waals surface area contributed by atoms with Crippen molar-refractivity contribution in [3.05, 3.63) is 23.3 Å². The lowest BCUT2D eigenvalue weighted by atomic mass is 9.43. The van der Waals surface area contributed by atoms with Crippen molar-refractivity contribution in [2.75, 3.05) is 0 Å². The van der Waals surface area contributed by atoms with Gasteiger partial charge in [-0.2, -0.15) is 0 Å². The number of hydrogen-bond donors (Lipinski definition) is 2. The van der Waals surface area contributed by atoms with Crippen LogP contribution in [0.1, 0.15) is 114 Å². The molecular weight excluding hydrogens is 460 g/mol. The SMILES string of the molecule is C=C(C(C)C)[C@@H](O)[C@@H](OC(C)=O)[C@@H](C)[C@@H]1CC[C@@]2(C)C3=C(CC[C@]12C)[C@@]1(C)CC[C@H](O)C(C)(C)[C@@H]1CC3. The minimum Gasteiger partial charge on any atom is -0.459 e. The molecule has 4 aliphatic carbocycles. The number of aliphatic hydroxyl groups is 2. The van der Waals surface area contributed by atoms with E-state index in [1.165, 1.54) is 6.92 Å². The van der Waals surface area contributed by atoms with E-state index in [1.807, 2.05) is 13.8 Å². The summed E-state index contributed by atoms with van der Waals surface area (Å²) in [5.41, 5.74) is 4.50. The van der Waals surface area contributed by atoms with Crippen LogP contribution in [0.3, 0.4) is 0 Å². The average Bonchev–Trinajstić information content (AvgIpc) is 3.10. The molecule has 4 heteroatoms. The van der Waals surface area contributed by atoms with Crippen molar-refractivity contribution in [1.29, 1.82) is 0 Å². The molecule has 2 fully saturated rings. The Morgan fingerprint density at radius 2 is 1.62 bits per heavy atom. The molecule has 4 nitrogen and oxygen atoms in total. The van der Waals surface area contributed by atoms with Crippen LogP contribution >= 0.6 is 0 Å². The molecular formula is C33H54O4. The Bertz CT molecular complexity index is 961. The highest BCUT2D eigenvalue weighted by atomic mass is 16.6. The Kier molecular flexibility index (Phi) is 7.42. The van der Waals surface area contributed by atoms with Gasteiger partial charge in [0.2, 0.25) is 0 Å². The van der Waals surface area contributed by atoms with Gasteiger partial charge in [0.15, 0.2) is 0 Å². The molecule has 37 heavy (non-hydrogen) atoms. The summed E-state index contributed by atoms with van der Waals surface area (Å²) in [5.74, 6) is 0.721. The molecule has 0 amide bonds. The number of aliphatic hydroxyl groups excluding tert-OH is 2. The van der Waals surface area contributed by atoms with Crippen LogP contribution in [-0.2, 0) is 9.53 Å². The molecule has 0 aromatic carbocycles. The van der Waals surface area contributed by atoms with E-state index >= 15 is 0 Å². The van der Waals surface area contributed by atoms with Crippen LogP contribution in [0.5, 0.6) is 0 Å². The van der Waals surface area contributed by atoms with E-state index in [-0.39, 0.29) is 45.6 Å². The van der Waals surface area contributed by atoms with Gasteiger partial charge in [-0.3, -0.25) is 4.79 Å². The van der Waals surface area contributed by atoms with Gasteiger partial charge >= 0.3 is 5.97 Å². The molecule has 0 unspecified atom stereocenters. The number of fused-ring (bicyclic) bond motifs is 4. The molecule has 210 valence electrons. The van der Waals surface area contributed by atoms with Crippen LogP contribution in [-0.4, -0.2) is 34.5 Å². The maximum Gasteiger partial charge on any atom is 0.303 e. The minimum atomic E-state index is -0.849. The summed E-state index contributed by atoms with van der Waals surface area (Å²) in [6, 6.07) is 0. The molecule has 2 saturated carbocycles. The average molecular weight is 515 g/mol. The summed E-state index contributed by atoms with van der Waals surface area (Å²) in [6.07, 6.45) is 7.16. The lowest BCUT2D eigenvalue weighted by Gasteiger charge is -2.62. The zero-order valence-corrected chi connectivity index (χ0v) is 25.1. The molecule has 0 heterocycles. The highest BCUT2D eigenvalue weighted by molar-refractivity contribution is 5.66. The zero-order valence-electron chi connectivity index (χ0n) is 25.1. The van der Waals surface area contributed by atoms with Crippen molar-refractivity contribution < 1.29 is 19.7 Å². The number of hydrogen-bond acceptors (Lipinski definition) is 4. The maximum atomic E-state index is 12.1. The summed E-state index contributed by atoms with van der Waals surface area (Å²) >= 11 is 0. The highest BCUT2D eigenvalue weighted by Crippen LogP contribution is 2.72. The predicted octanol–water partition coefficient (Wildman–Crippen LogP) is 7.24. The number of esters is 1. The lowest BCUT2D eigenvalue weighted by molar-refractivity contribution is -0.159. The Morgan fingerprint density at radius 1 is 0.973 bits per heavy atom. The molecule has 4 aliphatic rings. The van der Waals surface area contributed by atoms with Gasteiger partial charge in [-0.25, -0.2) is 0 Å². The first kappa shape index (κ1) is 28.9. The lowest BCUT2D eigenvalue weighted by Crippen LogP contribution is -2.55. The van der Waals surface area contributed by atoms with Gasteiger partial charge in [0.05, 0.1) is 6.10 Å². The van der Waals surface area contributed by atoms with Crippen LogP contribution in [0.15, 0.2) is 23.3 Å². The number of rotatable bonds is 6. The Morgan fingerprint density at radius 3 is 2.22 bits per heavy atom. The van der Waals surface area contributed by atoms with Crippen molar-refractivity contribution in [3.63, 3.8) is 0 Å². The van der Waals surface area contributed by atoms with Gasteiger partial charge in [0, 0.05) is 6.92 Å². The van der Waals surface area contributed by atoms with Crippen molar-refractivity contribution >= 4 is 5.97 Å². The van der Waals surface area contributed by atoms with Crippen LogP contribution in [0.25, 0.3) is 0 Å². The third kappa shape index (κ3) is 4.19. The van der Waals surface area contributed by atoms with Gasteiger partial charge in [0.1, 0.15) is 12.2 Å². The first-order chi connectivity index (χ1) is 17.0. The number of ether oxygens (including phenoxy) is 1. The van der Waals surface area contributed by atoms with E-state index < -0.39 is 12.2 Å². The van der Waals surface area contributed by atoms with Crippen molar-refractivity contribution in [1.82, 2.24) is 0 Å². The Balaban J connectivity index is 1.69. The van der Waals surface area contributed by atoms with E-state index in [0.29, 0.717) is 11.8 Å². The second-order valence-electron chi connectivity index (χ2n) is 14.8. The normalized spacial score (nSPS) is 41.4. The van der Waals surface area contributed by atoms with Crippen molar-refractivity contribution in [2.45, 2.75) is 132 Å². The molecule has 0 aromatic heterocycles. The first-order valence-electron chi connectivity index (χ1n) is 15.0. The highest BCUT2D eigenvalue weighted by Gasteiger charge is 2.64. The van der Waals surface area contributed by atoms with E-state index in [0.717, 1.165) is 56.9 Å². The van der Waals surface area contributed by atoms with Crippen LogP contribution in [0.4, 0.5) is 0 Å². The molecule has 0 spiro atoms. The molecule has 4 rings (SSSR count). The summed E-state index contributed by atoms with van der Waals surface area (Å²) < 4.78 is 5.86. The smallest absolute Gasteiger partial charge is 0.303 e. The second-order valence-corrected chi connectivity index (χ2v) is 14.8. The monoisotopic (exact) mass is 514 g/mol. The van der Waals surface area contributed by atoms with E-state index in [4.69, 9.17) is 4.74 Å². The predicted molar refractivity (Wildman–Crippen MR) is 150 cm³/mol. The van der Waals surface area contributed by atoms with Gasteiger partial charge in [-0.1, -0.05) is 73.1 Å². The molecule has 0 aromatic rings. The first-order valence-corrected chi connectivity index (χ1v) is 15.0. The summed E-state index contributed by atoms with van der Waals surface area (Å²) in [4.78, 5) is 12.1. The molecule has 0 radical (unpaired) electrons. The van der Waals surface area contributed by atoms with Gasteiger partial charge in [0.25, 0.3) is 0 Å². The standard InChI is InChI=1S/C33H54O4/c1-19(2)20(3)28(36)29(37-22(5)34)21(4)23-13-17-33(10)25-11-12-26-30(6,7)27(35)15-16-31(26,8)24(25)14-18-32(23,33)9/h19,21,23,26-29,35-36H,3,11-18H2,1-2,4-10H3/t21-,23-,26-,27-,28+,29-,31+,32+,33-/m0/s1. The molecule has 9 atom stereocenters. The van der Waals surface area contributed by atoms with Gasteiger partial charge in [-0.15, -0.1) is 0 Å². The molecule has 0 aliphatic heterocycles. The molecule has 2 N–H and O–H groups in total.